The van der Waals surface area contributed by atoms with E-state index in [1.54, 1.807) is 0 Å². The molecule has 5 heteroatoms. The highest BCUT2D eigenvalue weighted by atomic mass is 32.1. The Morgan fingerprint density at radius 2 is 2.17 bits per heavy atom. The van der Waals surface area contributed by atoms with Gasteiger partial charge in [-0.2, -0.15) is 0 Å². The van der Waals surface area contributed by atoms with E-state index >= 15 is 0 Å². The third kappa shape index (κ3) is 3.67. The summed E-state index contributed by atoms with van der Waals surface area (Å²) in [5.74, 6) is 0. The van der Waals surface area contributed by atoms with Gasteiger partial charge in [0, 0.05) is 23.2 Å². The molecule has 18 heavy (non-hydrogen) atoms. The van der Waals surface area contributed by atoms with E-state index in [1.807, 2.05) is 5.38 Å². The lowest BCUT2D eigenvalue weighted by atomic mass is 9.79. The van der Waals surface area contributed by atoms with Crippen molar-refractivity contribution in [3.05, 3.63) is 20.7 Å². The van der Waals surface area contributed by atoms with Gasteiger partial charge in [-0.25, -0.2) is 0 Å². The normalized spacial score (nSPS) is 18.9. The number of nitrogens with one attached hydrogen (secondary N) is 3. The van der Waals surface area contributed by atoms with Crippen molar-refractivity contribution >= 4 is 11.3 Å². The molecule has 0 radical (unpaired) electrons. The summed E-state index contributed by atoms with van der Waals surface area (Å²) in [4.78, 5) is 13.8. The van der Waals surface area contributed by atoms with Crippen LogP contribution in [0.1, 0.15) is 44.2 Å². The number of hydrogen-bond acceptors (Lipinski definition) is 4. The molecule has 1 aliphatic carbocycles. The van der Waals surface area contributed by atoms with Crippen molar-refractivity contribution in [2.24, 2.45) is 0 Å². The predicted octanol–water partition coefficient (Wildman–Crippen LogP) is 1.84. The molecule has 4 nitrogen and oxygen atoms in total. The summed E-state index contributed by atoms with van der Waals surface area (Å²) in [5.41, 5.74) is 1.33. The molecule has 102 valence electrons. The minimum atomic E-state index is 0.0331. The summed E-state index contributed by atoms with van der Waals surface area (Å²) < 4.78 is 0. The largest absolute Gasteiger partial charge is 0.315 e. The molecule has 1 aromatic heterocycles. The maximum atomic E-state index is 11.0. The molecule has 1 heterocycles. The zero-order valence-corrected chi connectivity index (χ0v) is 11.9. The average Bonchev–Trinajstić information content (AvgIpc) is 2.82. The molecular formula is C13H23N3OS. The number of hydrogen-bond donors (Lipinski definition) is 3. The quantitative estimate of drug-likeness (QED) is 0.691. The van der Waals surface area contributed by atoms with Gasteiger partial charge in [0.1, 0.15) is 0 Å². The van der Waals surface area contributed by atoms with Crippen LogP contribution in [0.15, 0.2) is 10.2 Å². The first-order valence-corrected chi connectivity index (χ1v) is 7.68. The van der Waals surface area contributed by atoms with E-state index in [-0.39, 0.29) is 4.87 Å². The van der Waals surface area contributed by atoms with Gasteiger partial charge in [-0.05, 0) is 32.9 Å². The number of aromatic amines is 1. The van der Waals surface area contributed by atoms with E-state index < -0.39 is 0 Å². The maximum Gasteiger partial charge on any atom is 0.304 e. The Morgan fingerprint density at radius 1 is 1.39 bits per heavy atom. The Kier molecular flexibility index (Phi) is 4.97. The SMILES string of the molecule is CNC1(CCNCc2csc(=O)[nH]2)CCCCC1. The number of aromatic nitrogens is 1. The van der Waals surface area contributed by atoms with Gasteiger partial charge in [0.05, 0.1) is 0 Å². The fraction of sp³-hybridized carbons (Fsp3) is 0.769. The lowest BCUT2D eigenvalue weighted by Gasteiger charge is -2.37. The van der Waals surface area contributed by atoms with Gasteiger partial charge in [0.2, 0.25) is 0 Å². The summed E-state index contributed by atoms with van der Waals surface area (Å²) in [6.45, 7) is 1.76. The lowest BCUT2D eigenvalue weighted by Crippen LogP contribution is -2.46. The average molecular weight is 269 g/mol. The predicted molar refractivity (Wildman–Crippen MR) is 76.1 cm³/mol. The molecule has 1 fully saturated rings. The van der Waals surface area contributed by atoms with E-state index in [0.717, 1.165) is 25.2 Å². The van der Waals surface area contributed by atoms with Crippen LogP contribution in [0.4, 0.5) is 0 Å². The van der Waals surface area contributed by atoms with Crippen LogP contribution in [-0.2, 0) is 6.54 Å². The summed E-state index contributed by atoms with van der Waals surface area (Å²) >= 11 is 1.23. The minimum Gasteiger partial charge on any atom is -0.315 e. The molecule has 0 unspecified atom stereocenters. The van der Waals surface area contributed by atoms with Crippen LogP contribution in [0, 0.1) is 0 Å². The second-order valence-electron chi connectivity index (χ2n) is 5.19. The number of thiazole rings is 1. The molecule has 0 amide bonds. The van der Waals surface area contributed by atoms with E-state index in [9.17, 15) is 4.79 Å². The van der Waals surface area contributed by atoms with Crippen LogP contribution < -0.4 is 15.5 Å². The van der Waals surface area contributed by atoms with Gasteiger partial charge in [0.25, 0.3) is 0 Å². The molecule has 0 bridgehead atoms. The zero-order valence-electron chi connectivity index (χ0n) is 11.1. The summed E-state index contributed by atoms with van der Waals surface area (Å²) in [6.07, 6.45) is 7.82. The minimum absolute atomic E-state index is 0.0331. The van der Waals surface area contributed by atoms with E-state index in [2.05, 4.69) is 22.7 Å². The van der Waals surface area contributed by atoms with Crippen molar-refractivity contribution in [2.75, 3.05) is 13.6 Å². The lowest BCUT2D eigenvalue weighted by molar-refractivity contribution is 0.228. The van der Waals surface area contributed by atoms with Gasteiger partial charge >= 0.3 is 4.87 Å². The highest BCUT2D eigenvalue weighted by Crippen LogP contribution is 2.30. The molecular weight excluding hydrogens is 246 g/mol. The molecule has 0 aliphatic heterocycles. The van der Waals surface area contributed by atoms with Gasteiger partial charge in [-0.15, -0.1) is 0 Å². The molecule has 1 aromatic rings. The van der Waals surface area contributed by atoms with Gasteiger partial charge < -0.3 is 15.6 Å². The van der Waals surface area contributed by atoms with E-state index in [0.29, 0.717) is 5.54 Å². The van der Waals surface area contributed by atoms with Crippen molar-refractivity contribution in [2.45, 2.75) is 50.6 Å². The van der Waals surface area contributed by atoms with Crippen molar-refractivity contribution < 1.29 is 0 Å². The van der Waals surface area contributed by atoms with Crippen molar-refractivity contribution in [3.8, 4) is 0 Å². The van der Waals surface area contributed by atoms with Crippen LogP contribution in [-0.4, -0.2) is 24.1 Å². The summed E-state index contributed by atoms with van der Waals surface area (Å²) in [7, 11) is 2.09. The Morgan fingerprint density at radius 3 is 2.78 bits per heavy atom. The van der Waals surface area contributed by atoms with E-state index in [4.69, 9.17) is 0 Å². The highest BCUT2D eigenvalue weighted by molar-refractivity contribution is 7.07. The monoisotopic (exact) mass is 269 g/mol. The molecule has 2 rings (SSSR count). The van der Waals surface area contributed by atoms with Crippen LogP contribution in [0.25, 0.3) is 0 Å². The van der Waals surface area contributed by atoms with Gasteiger partial charge in [-0.1, -0.05) is 30.6 Å². The third-order valence-electron chi connectivity index (χ3n) is 4.01. The van der Waals surface area contributed by atoms with Crippen LogP contribution in [0.2, 0.25) is 0 Å². The molecule has 1 saturated carbocycles. The molecule has 0 aromatic carbocycles. The number of H-pyrrole nitrogens is 1. The zero-order chi connectivity index (χ0) is 12.8. The van der Waals surface area contributed by atoms with Crippen molar-refractivity contribution in [1.29, 1.82) is 0 Å². The Hall–Kier alpha value is -0.650. The maximum absolute atomic E-state index is 11.0. The second kappa shape index (κ2) is 6.50. The fourth-order valence-electron chi connectivity index (χ4n) is 2.80. The fourth-order valence-corrected chi connectivity index (χ4v) is 3.39. The van der Waals surface area contributed by atoms with Gasteiger partial charge in [-0.3, -0.25) is 4.79 Å². The van der Waals surface area contributed by atoms with Gasteiger partial charge in [0.15, 0.2) is 0 Å². The third-order valence-corrected chi connectivity index (χ3v) is 4.73. The number of rotatable bonds is 6. The second-order valence-corrected chi connectivity index (χ2v) is 6.03. The first-order chi connectivity index (χ1) is 8.74. The van der Waals surface area contributed by atoms with E-state index in [1.165, 1.54) is 43.4 Å². The Bertz CT molecular complexity index is 406. The molecule has 0 spiro atoms. The molecule has 3 N–H and O–H groups in total. The first kappa shape index (κ1) is 13.8. The van der Waals surface area contributed by atoms with Crippen LogP contribution in [0.5, 0.6) is 0 Å². The topological polar surface area (TPSA) is 56.9 Å². The first-order valence-electron chi connectivity index (χ1n) is 6.80. The smallest absolute Gasteiger partial charge is 0.304 e. The van der Waals surface area contributed by atoms with Crippen LogP contribution >= 0.6 is 11.3 Å². The summed E-state index contributed by atoms with van der Waals surface area (Å²) in [5, 5.41) is 8.84. The molecule has 1 aliphatic rings. The molecule has 0 atom stereocenters. The standard InChI is InChI=1S/C13H23N3OS/c1-14-13(5-3-2-4-6-13)7-8-15-9-11-10-18-12(17)16-11/h10,14-15H,2-9H2,1H3,(H,16,17). The van der Waals surface area contributed by atoms with Crippen molar-refractivity contribution in [1.82, 2.24) is 15.6 Å². The Labute approximate surface area is 112 Å². The summed E-state index contributed by atoms with van der Waals surface area (Å²) in [6, 6.07) is 0. The van der Waals surface area contributed by atoms with Crippen molar-refractivity contribution in [3.63, 3.8) is 0 Å². The highest BCUT2D eigenvalue weighted by Gasteiger charge is 2.29. The Balaban J connectivity index is 1.72. The van der Waals surface area contributed by atoms with Crippen LogP contribution in [0.3, 0.4) is 0 Å². The molecule has 0 saturated heterocycles.